The molecule has 1 saturated heterocycles. The standard InChI is InChI=1S/C24H34N4O2/c1-17-6-8-19(22(12-17)28(4)5)14-26-24(25-3)27-15-20-9-7-18(2)13-23(20)30-21-10-11-29-16-21/h6-9,12-13,21H,10-11,14-16H2,1-5H3,(H2,25,26,27). The minimum absolute atomic E-state index is 0.133. The Hall–Kier alpha value is -2.73. The zero-order valence-corrected chi connectivity index (χ0v) is 18.8. The van der Waals surface area contributed by atoms with Gasteiger partial charge >= 0.3 is 0 Å². The molecule has 0 bridgehead atoms. The van der Waals surface area contributed by atoms with Gasteiger partial charge in [0.25, 0.3) is 0 Å². The van der Waals surface area contributed by atoms with Crippen LogP contribution in [-0.2, 0) is 17.8 Å². The topological polar surface area (TPSA) is 58.1 Å². The normalized spacial score (nSPS) is 16.4. The summed E-state index contributed by atoms with van der Waals surface area (Å²) in [6, 6.07) is 12.8. The van der Waals surface area contributed by atoms with Crippen LogP contribution in [0.25, 0.3) is 0 Å². The Labute approximate surface area is 180 Å². The van der Waals surface area contributed by atoms with Crippen LogP contribution >= 0.6 is 0 Å². The van der Waals surface area contributed by atoms with Crippen LogP contribution in [0, 0.1) is 13.8 Å². The van der Waals surface area contributed by atoms with Gasteiger partial charge < -0.3 is 25.0 Å². The molecule has 6 nitrogen and oxygen atoms in total. The predicted octanol–water partition coefficient (Wildman–Crippen LogP) is 3.40. The highest BCUT2D eigenvalue weighted by molar-refractivity contribution is 5.80. The van der Waals surface area contributed by atoms with Crippen molar-refractivity contribution in [1.82, 2.24) is 10.6 Å². The Bertz CT molecular complexity index is 874. The lowest BCUT2D eigenvalue weighted by molar-refractivity contribution is 0.140. The number of anilines is 1. The van der Waals surface area contributed by atoms with Crippen LogP contribution in [-0.4, -0.2) is 46.4 Å². The van der Waals surface area contributed by atoms with Gasteiger partial charge in [-0.2, -0.15) is 0 Å². The second kappa shape index (κ2) is 10.3. The van der Waals surface area contributed by atoms with E-state index in [-0.39, 0.29) is 6.10 Å². The van der Waals surface area contributed by atoms with E-state index in [1.54, 1.807) is 7.05 Å². The van der Waals surface area contributed by atoms with E-state index in [0.717, 1.165) is 30.3 Å². The number of nitrogens with zero attached hydrogens (tertiary/aromatic N) is 2. The lowest BCUT2D eigenvalue weighted by Crippen LogP contribution is -2.36. The highest BCUT2D eigenvalue weighted by atomic mass is 16.5. The van der Waals surface area contributed by atoms with Crippen LogP contribution in [0.5, 0.6) is 5.75 Å². The number of hydrogen-bond donors (Lipinski definition) is 2. The Morgan fingerprint density at radius 2 is 1.73 bits per heavy atom. The summed E-state index contributed by atoms with van der Waals surface area (Å²) in [4.78, 5) is 6.52. The molecule has 1 fully saturated rings. The van der Waals surface area contributed by atoms with E-state index in [1.807, 2.05) is 0 Å². The molecule has 0 aliphatic carbocycles. The molecule has 162 valence electrons. The fourth-order valence-electron chi connectivity index (χ4n) is 3.52. The van der Waals surface area contributed by atoms with Crippen molar-refractivity contribution in [3.05, 3.63) is 58.7 Å². The average Bonchev–Trinajstić information content (AvgIpc) is 3.23. The molecule has 2 N–H and O–H groups in total. The molecular weight excluding hydrogens is 376 g/mol. The van der Waals surface area contributed by atoms with Crippen LogP contribution in [0.15, 0.2) is 41.4 Å². The molecule has 1 heterocycles. The molecule has 3 rings (SSSR count). The van der Waals surface area contributed by atoms with E-state index in [9.17, 15) is 0 Å². The third-order valence-corrected chi connectivity index (χ3v) is 5.24. The van der Waals surface area contributed by atoms with Crippen LogP contribution in [0.1, 0.15) is 28.7 Å². The molecule has 1 aliphatic heterocycles. The summed E-state index contributed by atoms with van der Waals surface area (Å²) in [6.07, 6.45) is 1.07. The molecule has 0 spiro atoms. The molecule has 0 amide bonds. The number of ether oxygens (including phenoxy) is 2. The monoisotopic (exact) mass is 410 g/mol. The van der Waals surface area contributed by atoms with Gasteiger partial charge in [0.05, 0.1) is 13.2 Å². The van der Waals surface area contributed by atoms with Gasteiger partial charge in [-0.05, 0) is 42.7 Å². The van der Waals surface area contributed by atoms with Crippen molar-refractivity contribution in [2.24, 2.45) is 4.99 Å². The van der Waals surface area contributed by atoms with Crippen molar-refractivity contribution in [2.75, 3.05) is 39.3 Å². The first-order chi connectivity index (χ1) is 14.5. The van der Waals surface area contributed by atoms with Crippen LogP contribution in [0.2, 0.25) is 0 Å². The van der Waals surface area contributed by atoms with Gasteiger partial charge in [-0.3, -0.25) is 4.99 Å². The molecule has 30 heavy (non-hydrogen) atoms. The summed E-state index contributed by atoms with van der Waals surface area (Å²) in [5, 5.41) is 6.84. The smallest absolute Gasteiger partial charge is 0.191 e. The SMILES string of the molecule is CN=C(NCc1ccc(C)cc1OC1CCOC1)NCc1ccc(C)cc1N(C)C. The number of aryl methyl sites for hydroxylation is 2. The van der Waals surface area contributed by atoms with Crippen molar-refractivity contribution < 1.29 is 9.47 Å². The third-order valence-electron chi connectivity index (χ3n) is 5.24. The van der Waals surface area contributed by atoms with Gasteiger partial charge in [0.15, 0.2) is 5.96 Å². The van der Waals surface area contributed by atoms with E-state index < -0.39 is 0 Å². The second-order valence-electron chi connectivity index (χ2n) is 8.02. The summed E-state index contributed by atoms with van der Waals surface area (Å²) in [5.74, 6) is 1.68. The molecule has 0 radical (unpaired) electrons. The number of rotatable bonds is 7. The first kappa shape index (κ1) is 22.0. The summed E-state index contributed by atoms with van der Waals surface area (Å²) in [7, 11) is 5.93. The summed E-state index contributed by atoms with van der Waals surface area (Å²) >= 11 is 0. The molecule has 1 aliphatic rings. The molecule has 0 saturated carbocycles. The van der Waals surface area contributed by atoms with E-state index >= 15 is 0 Å². The van der Waals surface area contributed by atoms with Gasteiger partial charge in [-0.1, -0.05) is 24.3 Å². The molecule has 2 aromatic rings. The van der Waals surface area contributed by atoms with Gasteiger partial charge in [0, 0.05) is 51.9 Å². The fourth-order valence-corrected chi connectivity index (χ4v) is 3.52. The van der Waals surface area contributed by atoms with Crippen molar-refractivity contribution in [3.63, 3.8) is 0 Å². The largest absolute Gasteiger partial charge is 0.488 e. The first-order valence-electron chi connectivity index (χ1n) is 10.5. The zero-order valence-electron chi connectivity index (χ0n) is 18.8. The summed E-state index contributed by atoms with van der Waals surface area (Å²) < 4.78 is 11.7. The van der Waals surface area contributed by atoms with E-state index in [0.29, 0.717) is 19.7 Å². The summed E-state index contributed by atoms with van der Waals surface area (Å²) in [5.41, 5.74) is 6.00. The molecular formula is C24H34N4O2. The average molecular weight is 411 g/mol. The number of benzene rings is 2. The maximum Gasteiger partial charge on any atom is 0.191 e. The summed E-state index contributed by atoms with van der Waals surface area (Å²) in [6.45, 7) is 6.97. The maximum absolute atomic E-state index is 6.20. The minimum Gasteiger partial charge on any atom is -0.488 e. The fraction of sp³-hybridized carbons (Fsp3) is 0.458. The number of guanidine groups is 1. The number of aliphatic imine (C=N–C) groups is 1. The zero-order chi connectivity index (χ0) is 21.5. The van der Waals surface area contributed by atoms with Crippen LogP contribution in [0.3, 0.4) is 0 Å². The predicted molar refractivity (Wildman–Crippen MR) is 124 cm³/mol. The maximum atomic E-state index is 6.20. The van der Waals surface area contributed by atoms with Crippen molar-refractivity contribution in [1.29, 1.82) is 0 Å². The van der Waals surface area contributed by atoms with Crippen molar-refractivity contribution in [2.45, 2.75) is 39.5 Å². The van der Waals surface area contributed by atoms with Gasteiger partial charge in [-0.15, -0.1) is 0 Å². The highest BCUT2D eigenvalue weighted by Gasteiger charge is 2.19. The highest BCUT2D eigenvalue weighted by Crippen LogP contribution is 2.24. The first-order valence-corrected chi connectivity index (χ1v) is 10.5. The van der Waals surface area contributed by atoms with Gasteiger partial charge in [-0.25, -0.2) is 0 Å². The lowest BCUT2D eigenvalue weighted by atomic mass is 10.1. The van der Waals surface area contributed by atoms with Gasteiger partial charge in [0.1, 0.15) is 11.9 Å². The Kier molecular flexibility index (Phi) is 7.57. The van der Waals surface area contributed by atoms with Gasteiger partial charge in [0.2, 0.25) is 0 Å². The molecule has 0 aromatic heterocycles. The molecule has 2 aromatic carbocycles. The molecule has 6 heteroatoms. The van der Waals surface area contributed by atoms with Crippen molar-refractivity contribution in [3.8, 4) is 5.75 Å². The molecule has 1 unspecified atom stereocenters. The van der Waals surface area contributed by atoms with E-state index in [4.69, 9.17) is 9.47 Å². The lowest BCUT2D eigenvalue weighted by Gasteiger charge is -2.20. The number of hydrogen-bond acceptors (Lipinski definition) is 4. The Balaban J connectivity index is 1.62. The number of nitrogens with one attached hydrogen (secondary N) is 2. The van der Waals surface area contributed by atoms with Crippen LogP contribution in [0.4, 0.5) is 5.69 Å². The Morgan fingerprint density at radius 3 is 2.37 bits per heavy atom. The molecule has 1 atom stereocenters. The minimum atomic E-state index is 0.133. The third kappa shape index (κ3) is 5.89. The van der Waals surface area contributed by atoms with E-state index in [2.05, 4.69) is 84.9 Å². The Morgan fingerprint density at radius 1 is 1.07 bits per heavy atom. The van der Waals surface area contributed by atoms with Crippen LogP contribution < -0.4 is 20.3 Å². The second-order valence-corrected chi connectivity index (χ2v) is 8.02. The quantitative estimate of drug-likeness (QED) is 0.541. The van der Waals surface area contributed by atoms with Crippen molar-refractivity contribution >= 4 is 11.6 Å². The van der Waals surface area contributed by atoms with E-state index in [1.165, 1.54) is 22.4 Å².